The van der Waals surface area contributed by atoms with E-state index in [4.69, 9.17) is 4.84 Å². The second-order valence-electron chi connectivity index (χ2n) is 4.79. The summed E-state index contributed by atoms with van der Waals surface area (Å²) in [5, 5.41) is 16.8. The molecular formula is C13H16N2O2. The summed E-state index contributed by atoms with van der Waals surface area (Å²) in [6, 6.07) is 7.14. The predicted octanol–water partition coefficient (Wildman–Crippen LogP) is 1.64. The third-order valence-corrected chi connectivity index (χ3v) is 3.55. The highest BCUT2D eigenvalue weighted by Gasteiger charge is 2.40. The number of oxime groups is 1. The van der Waals surface area contributed by atoms with Crippen molar-refractivity contribution in [1.29, 1.82) is 0 Å². The summed E-state index contributed by atoms with van der Waals surface area (Å²) in [5.74, 6) is 0.282. The molecule has 17 heavy (non-hydrogen) atoms. The van der Waals surface area contributed by atoms with E-state index in [-0.39, 0.29) is 11.4 Å². The first kappa shape index (κ1) is 10.6. The van der Waals surface area contributed by atoms with Crippen LogP contribution in [0.15, 0.2) is 29.4 Å². The molecule has 0 unspecified atom stereocenters. The molecule has 2 aliphatic rings. The molecule has 0 saturated carbocycles. The number of hydrogen-bond acceptors (Lipinski definition) is 4. The van der Waals surface area contributed by atoms with Gasteiger partial charge in [0.1, 0.15) is 11.4 Å². The van der Waals surface area contributed by atoms with Crippen LogP contribution < -0.4 is 5.32 Å². The van der Waals surface area contributed by atoms with Crippen LogP contribution in [0.1, 0.15) is 24.8 Å². The Morgan fingerprint density at radius 3 is 2.59 bits per heavy atom. The van der Waals surface area contributed by atoms with Crippen molar-refractivity contribution in [3.8, 4) is 5.75 Å². The standard InChI is InChI=1S/C13H16N2O2/c16-11-3-1-10(2-4-11)12-9-13(17-15-12)5-7-14-8-6-13/h1-4,14,16H,5-9H2. The van der Waals surface area contributed by atoms with Crippen molar-refractivity contribution >= 4 is 5.71 Å². The second-order valence-corrected chi connectivity index (χ2v) is 4.79. The van der Waals surface area contributed by atoms with E-state index >= 15 is 0 Å². The number of nitrogens with zero attached hydrogens (tertiary/aromatic N) is 1. The van der Waals surface area contributed by atoms with Crippen molar-refractivity contribution in [2.24, 2.45) is 5.16 Å². The minimum atomic E-state index is -0.0849. The molecule has 0 aliphatic carbocycles. The van der Waals surface area contributed by atoms with Crippen LogP contribution in [-0.4, -0.2) is 29.5 Å². The summed E-state index contributed by atoms with van der Waals surface area (Å²) in [6.07, 6.45) is 2.90. The minimum absolute atomic E-state index is 0.0849. The molecule has 2 heterocycles. The smallest absolute Gasteiger partial charge is 0.145 e. The monoisotopic (exact) mass is 232 g/mol. The van der Waals surface area contributed by atoms with Crippen LogP contribution in [0.25, 0.3) is 0 Å². The summed E-state index contributed by atoms with van der Waals surface area (Å²) >= 11 is 0. The first-order chi connectivity index (χ1) is 8.27. The maximum atomic E-state index is 9.26. The van der Waals surface area contributed by atoms with Gasteiger partial charge >= 0.3 is 0 Å². The Morgan fingerprint density at radius 1 is 1.18 bits per heavy atom. The molecule has 1 aromatic carbocycles. The quantitative estimate of drug-likeness (QED) is 0.774. The predicted molar refractivity (Wildman–Crippen MR) is 65.2 cm³/mol. The number of nitrogens with one attached hydrogen (secondary N) is 1. The molecule has 4 nitrogen and oxygen atoms in total. The summed E-state index contributed by atoms with van der Waals surface area (Å²) in [6.45, 7) is 2.00. The molecule has 1 spiro atoms. The van der Waals surface area contributed by atoms with Gasteiger partial charge in [0.15, 0.2) is 0 Å². The van der Waals surface area contributed by atoms with Crippen molar-refractivity contribution in [2.75, 3.05) is 13.1 Å². The number of rotatable bonds is 1. The average Bonchev–Trinajstić information content (AvgIpc) is 2.75. The van der Waals surface area contributed by atoms with E-state index in [9.17, 15) is 5.11 Å². The second kappa shape index (κ2) is 4.04. The Kier molecular flexibility index (Phi) is 2.52. The van der Waals surface area contributed by atoms with Gasteiger partial charge in [-0.25, -0.2) is 0 Å². The number of piperidine rings is 1. The number of phenols is 1. The van der Waals surface area contributed by atoms with Gasteiger partial charge < -0.3 is 15.3 Å². The van der Waals surface area contributed by atoms with Crippen LogP contribution in [0.3, 0.4) is 0 Å². The summed E-state index contributed by atoms with van der Waals surface area (Å²) in [7, 11) is 0. The molecule has 90 valence electrons. The van der Waals surface area contributed by atoms with Gasteiger partial charge in [0, 0.05) is 19.3 Å². The number of aromatic hydroxyl groups is 1. The van der Waals surface area contributed by atoms with Crippen LogP contribution >= 0.6 is 0 Å². The van der Waals surface area contributed by atoms with Crippen molar-refractivity contribution in [3.63, 3.8) is 0 Å². The fraction of sp³-hybridized carbons (Fsp3) is 0.462. The zero-order chi connectivity index (χ0) is 11.7. The minimum Gasteiger partial charge on any atom is -0.508 e. The lowest BCUT2D eigenvalue weighted by atomic mass is 9.86. The van der Waals surface area contributed by atoms with E-state index in [0.29, 0.717) is 0 Å². The molecule has 1 aromatic rings. The van der Waals surface area contributed by atoms with Gasteiger partial charge in [0.25, 0.3) is 0 Å². The zero-order valence-electron chi connectivity index (χ0n) is 9.65. The van der Waals surface area contributed by atoms with Crippen molar-refractivity contribution in [2.45, 2.75) is 24.9 Å². The molecule has 0 radical (unpaired) electrons. The van der Waals surface area contributed by atoms with Crippen LogP contribution in [0, 0.1) is 0 Å². The van der Waals surface area contributed by atoms with Gasteiger partial charge in [-0.05, 0) is 42.9 Å². The lowest BCUT2D eigenvalue weighted by Crippen LogP contribution is -2.42. The molecule has 1 saturated heterocycles. The van der Waals surface area contributed by atoms with E-state index in [0.717, 1.165) is 43.6 Å². The summed E-state index contributed by atoms with van der Waals surface area (Å²) in [5.41, 5.74) is 1.95. The van der Waals surface area contributed by atoms with E-state index in [1.54, 1.807) is 12.1 Å². The molecule has 0 atom stereocenters. The lowest BCUT2D eigenvalue weighted by Gasteiger charge is -2.30. The summed E-state index contributed by atoms with van der Waals surface area (Å²) in [4.78, 5) is 5.66. The molecule has 0 bridgehead atoms. The fourth-order valence-corrected chi connectivity index (χ4v) is 2.48. The van der Waals surface area contributed by atoms with Gasteiger partial charge in [0.2, 0.25) is 0 Å². The van der Waals surface area contributed by atoms with Gasteiger partial charge in [-0.1, -0.05) is 5.16 Å². The Labute approximate surface area is 100 Å². The van der Waals surface area contributed by atoms with Crippen molar-refractivity contribution in [3.05, 3.63) is 29.8 Å². The molecule has 2 aliphatic heterocycles. The van der Waals surface area contributed by atoms with E-state index in [2.05, 4.69) is 10.5 Å². The van der Waals surface area contributed by atoms with E-state index in [1.807, 2.05) is 12.1 Å². The lowest BCUT2D eigenvalue weighted by molar-refractivity contribution is -0.0400. The van der Waals surface area contributed by atoms with E-state index in [1.165, 1.54) is 0 Å². The zero-order valence-corrected chi connectivity index (χ0v) is 9.65. The van der Waals surface area contributed by atoms with Gasteiger partial charge in [-0.2, -0.15) is 0 Å². The molecule has 4 heteroatoms. The third kappa shape index (κ3) is 2.00. The molecule has 0 aromatic heterocycles. The SMILES string of the molecule is Oc1ccc(C2=NOC3(CCNCC3)C2)cc1. The molecule has 0 amide bonds. The largest absolute Gasteiger partial charge is 0.508 e. The molecule has 2 N–H and O–H groups in total. The number of hydrogen-bond donors (Lipinski definition) is 2. The van der Waals surface area contributed by atoms with Gasteiger partial charge in [-0.3, -0.25) is 0 Å². The Balaban J connectivity index is 1.76. The van der Waals surface area contributed by atoms with Crippen LogP contribution in [-0.2, 0) is 4.84 Å². The highest BCUT2D eigenvalue weighted by atomic mass is 16.7. The molecule has 1 fully saturated rings. The maximum absolute atomic E-state index is 9.26. The van der Waals surface area contributed by atoms with Crippen molar-refractivity contribution in [1.82, 2.24) is 5.32 Å². The fourth-order valence-electron chi connectivity index (χ4n) is 2.48. The van der Waals surface area contributed by atoms with Gasteiger partial charge in [-0.15, -0.1) is 0 Å². The number of phenolic OH excluding ortho intramolecular Hbond substituents is 1. The Hall–Kier alpha value is -1.55. The highest BCUT2D eigenvalue weighted by Crippen LogP contribution is 2.34. The van der Waals surface area contributed by atoms with E-state index < -0.39 is 0 Å². The Morgan fingerprint density at radius 2 is 1.88 bits per heavy atom. The first-order valence-electron chi connectivity index (χ1n) is 6.03. The molecule has 3 rings (SSSR count). The third-order valence-electron chi connectivity index (χ3n) is 3.55. The average molecular weight is 232 g/mol. The Bertz CT molecular complexity index is 433. The topological polar surface area (TPSA) is 53.9 Å². The van der Waals surface area contributed by atoms with Crippen LogP contribution in [0.5, 0.6) is 5.75 Å². The normalized spacial score (nSPS) is 22.2. The first-order valence-corrected chi connectivity index (χ1v) is 6.03. The maximum Gasteiger partial charge on any atom is 0.145 e. The highest BCUT2D eigenvalue weighted by molar-refractivity contribution is 6.01. The van der Waals surface area contributed by atoms with Crippen molar-refractivity contribution < 1.29 is 9.94 Å². The van der Waals surface area contributed by atoms with Crippen LogP contribution in [0.2, 0.25) is 0 Å². The van der Waals surface area contributed by atoms with Gasteiger partial charge in [0.05, 0.1) is 5.71 Å². The number of benzene rings is 1. The summed E-state index contributed by atoms with van der Waals surface area (Å²) < 4.78 is 0. The molecular weight excluding hydrogens is 216 g/mol. The van der Waals surface area contributed by atoms with Crippen LogP contribution in [0.4, 0.5) is 0 Å².